The number of hydrogen-bond donors (Lipinski definition) is 1. The summed E-state index contributed by atoms with van der Waals surface area (Å²) in [6, 6.07) is 23.4. The summed E-state index contributed by atoms with van der Waals surface area (Å²) in [5.41, 5.74) is 2.68. The smallest absolute Gasteiger partial charge is 0.408 e. The van der Waals surface area contributed by atoms with Gasteiger partial charge in [-0.2, -0.15) is 0 Å². The Hall–Kier alpha value is -3.80. The summed E-state index contributed by atoms with van der Waals surface area (Å²) in [6.45, 7) is 5.39. The molecule has 0 fully saturated rings. The SMILES string of the molecule is COc1cccc(-c2ccc([C@H](NC(=O)OC(C)(C)C)C(=O)OCc3ccccc3)cc2)c1. The molecule has 0 saturated heterocycles. The van der Waals surface area contributed by atoms with Crippen LogP contribution in [0.15, 0.2) is 78.9 Å². The molecule has 0 aliphatic carbocycles. The highest BCUT2D eigenvalue weighted by atomic mass is 16.6. The molecule has 172 valence electrons. The zero-order chi connectivity index (χ0) is 23.8. The lowest BCUT2D eigenvalue weighted by atomic mass is 10.0. The largest absolute Gasteiger partial charge is 0.497 e. The minimum absolute atomic E-state index is 0.105. The first-order valence-electron chi connectivity index (χ1n) is 10.7. The van der Waals surface area contributed by atoms with Crippen LogP contribution in [0.25, 0.3) is 11.1 Å². The van der Waals surface area contributed by atoms with Gasteiger partial charge in [0.2, 0.25) is 0 Å². The molecule has 6 nitrogen and oxygen atoms in total. The molecule has 0 aliphatic heterocycles. The number of carbonyl (C=O) groups is 2. The predicted molar refractivity (Wildman–Crippen MR) is 127 cm³/mol. The van der Waals surface area contributed by atoms with Crippen molar-refractivity contribution in [1.82, 2.24) is 5.32 Å². The molecule has 33 heavy (non-hydrogen) atoms. The lowest BCUT2D eigenvalue weighted by Gasteiger charge is -2.23. The number of esters is 1. The molecule has 0 radical (unpaired) electrons. The maximum absolute atomic E-state index is 12.9. The van der Waals surface area contributed by atoms with E-state index in [4.69, 9.17) is 14.2 Å². The van der Waals surface area contributed by atoms with E-state index in [0.717, 1.165) is 22.4 Å². The molecular formula is C27H29NO5. The predicted octanol–water partition coefficient (Wildman–Crippen LogP) is 5.67. The number of alkyl carbamates (subject to hydrolysis) is 1. The average molecular weight is 448 g/mol. The molecular weight excluding hydrogens is 418 g/mol. The fraction of sp³-hybridized carbons (Fsp3) is 0.259. The Morgan fingerprint density at radius 1 is 0.879 bits per heavy atom. The highest BCUT2D eigenvalue weighted by molar-refractivity contribution is 5.83. The third-order valence-electron chi connectivity index (χ3n) is 4.77. The molecule has 0 saturated carbocycles. The molecule has 0 spiro atoms. The van der Waals surface area contributed by atoms with E-state index in [2.05, 4.69) is 5.32 Å². The summed E-state index contributed by atoms with van der Waals surface area (Å²) >= 11 is 0. The second-order valence-electron chi connectivity index (χ2n) is 8.53. The van der Waals surface area contributed by atoms with Crippen molar-refractivity contribution in [2.75, 3.05) is 7.11 Å². The topological polar surface area (TPSA) is 73.9 Å². The number of rotatable bonds is 7. The monoisotopic (exact) mass is 447 g/mol. The lowest BCUT2D eigenvalue weighted by molar-refractivity contribution is -0.147. The zero-order valence-electron chi connectivity index (χ0n) is 19.3. The fourth-order valence-corrected chi connectivity index (χ4v) is 3.19. The molecule has 1 N–H and O–H groups in total. The molecule has 3 aromatic rings. The second-order valence-corrected chi connectivity index (χ2v) is 8.53. The Morgan fingerprint density at radius 3 is 2.21 bits per heavy atom. The van der Waals surface area contributed by atoms with E-state index in [1.54, 1.807) is 40.0 Å². The van der Waals surface area contributed by atoms with Gasteiger partial charge in [-0.1, -0.05) is 66.7 Å². The van der Waals surface area contributed by atoms with Gasteiger partial charge in [-0.05, 0) is 55.2 Å². The summed E-state index contributed by atoms with van der Waals surface area (Å²) in [4.78, 5) is 25.4. The minimum atomic E-state index is -1.01. The highest BCUT2D eigenvalue weighted by Crippen LogP contribution is 2.26. The Kier molecular flexibility index (Phi) is 7.72. The van der Waals surface area contributed by atoms with Crippen molar-refractivity contribution in [3.8, 4) is 16.9 Å². The number of benzene rings is 3. The van der Waals surface area contributed by atoms with Crippen molar-refractivity contribution in [1.29, 1.82) is 0 Å². The van der Waals surface area contributed by atoms with Crippen molar-refractivity contribution >= 4 is 12.1 Å². The molecule has 1 atom stereocenters. The van der Waals surface area contributed by atoms with E-state index >= 15 is 0 Å². The van der Waals surface area contributed by atoms with Crippen molar-refractivity contribution in [3.63, 3.8) is 0 Å². The molecule has 0 bridgehead atoms. The van der Waals surface area contributed by atoms with Crippen LogP contribution >= 0.6 is 0 Å². The number of ether oxygens (including phenoxy) is 3. The van der Waals surface area contributed by atoms with Gasteiger partial charge in [-0.3, -0.25) is 0 Å². The molecule has 3 rings (SSSR count). The van der Waals surface area contributed by atoms with Crippen molar-refractivity contribution in [3.05, 3.63) is 90.0 Å². The van der Waals surface area contributed by atoms with Crippen LogP contribution in [0.5, 0.6) is 5.75 Å². The van der Waals surface area contributed by atoms with Gasteiger partial charge in [0.15, 0.2) is 6.04 Å². The van der Waals surface area contributed by atoms with Gasteiger partial charge in [0.25, 0.3) is 0 Å². The van der Waals surface area contributed by atoms with Crippen LogP contribution in [0.1, 0.15) is 37.9 Å². The molecule has 0 aromatic heterocycles. The van der Waals surface area contributed by atoms with Gasteiger partial charge in [-0.15, -0.1) is 0 Å². The van der Waals surface area contributed by atoms with Crippen LogP contribution in [-0.4, -0.2) is 24.8 Å². The first kappa shape index (κ1) is 23.9. The number of hydrogen-bond acceptors (Lipinski definition) is 5. The molecule has 6 heteroatoms. The van der Waals surface area contributed by atoms with Crippen LogP contribution in [0.2, 0.25) is 0 Å². The number of carbonyl (C=O) groups excluding carboxylic acids is 2. The first-order valence-corrected chi connectivity index (χ1v) is 10.7. The number of methoxy groups -OCH3 is 1. The Bertz CT molecular complexity index is 1070. The van der Waals surface area contributed by atoms with Gasteiger partial charge in [0, 0.05) is 0 Å². The van der Waals surface area contributed by atoms with Crippen LogP contribution in [0, 0.1) is 0 Å². The van der Waals surface area contributed by atoms with E-state index in [1.807, 2.05) is 66.7 Å². The third kappa shape index (κ3) is 7.10. The van der Waals surface area contributed by atoms with E-state index in [1.165, 1.54) is 0 Å². The van der Waals surface area contributed by atoms with Crippen molar-refractivity contribution in [2.24, 2.45) is 0 Å². The quantitative estimate of drug-likeness (QED) is 0.472. The molecule has 0 heterocycles. The van der Waals surface area contributed by atoms with Gasteiger partial charge in [0.1, 0.15) is 18.0 Å². The van der Waals surface area contributed by atoms with Crippen LogP contribution in [0.3, 0.4) is 0 Å². The summed E-state index contributed by atoms with van der Waals surface area (Å²) in [6.07, 6.45) is -0.693. The fourth-order valence-electron chi connectivity index (χ4n) is 3.19. The second kappa shape index (κ2) is 10.7. The van der Waals surface area contributed by atoms with Crippen molar-refractivity contribution < 1.29 is 23.8 Å². The first-order chi connectivity index (χ1) is 15.7. The number of nitrogens with one attached hydrogen (secondary N) is 1. The van der Waals surface area contributed by atoms with Gasteiger partial charge >= 0.3 is 12.1 Å². The molecule has 1 amide bonds. The normalized spacial score (nSPS) is 11.9. The summed E-state index contributed by atoms with van der Waals surface area (Å²) in [5, 5.41) is 2.65. The standard InChI is InChI=1S/C27H29NO5/c1-27(2,3)33-26(30)28-24(25(29)32-18-19-9-6-5-7-10-19)21-15-13-20(14-16-21)22-11-8-12-23(17-22)31-4/h5-17,24H,18H2,1-4H3,(H,28,30)/t24-/m0/s1. The Morgan fingerprint density at radius 2 is 1.58 bits per heavy atom. The summed E-state index contributed by atoms with van der Waals surface area (Å²) in [5.74, 6) is 0.185. The van der Waals surface area contributed by atoms with Gasteiger partial charge < -0.3 is 19.5 Å². The maximum atomic E-state index is 12.9. The Labute approximate surface area is 194 Å². The van der Waals surface area contributed by atoms with Crippen LogP contribution < -0.4 is 10.1 Å². The van der Waals surface area contributed by atoms with Gasteiger partial charge in [-0.25, -0.2) is 9.59 Å². The highest BCUT2D eigenvalue weighted by Gasteiger charge is 2.27. The zero-order valence-corrected chi connectivity index (χ0v) is 19.3. The van der Waals surface area contributed by atoms with Crippen molar-refractivity contribution in [2.45, 2.75) is 39.0 Å². The summed E-state index contributed by atoms with van der Waals surface area (Å²) in [7, 11) is 1.62. The van der Waals surface area contributed by atoms with Crippen LogP contribution in [0.4, 0.5) is 4.79 Å². The van der Waals surface area contributed by atoms with E-state index in [-0.39, 0.29) is 6.61 Å². The van der Waals surface area contributed by atoms with E-state index < -0.39 is 23.7 Å². The maximum Gasteiger partial charge on any atom is 0.408 e. The minimum Gasteiger partial charge on any atom is -0.497 e. The average Bonchev–Trinajstić information content (AvgIpc) is 2.81. The van der Waals surface area contributed by atoms with Gasteiger partial charge in [0.05, 0.1) is 7.11 Å². The molecule has 0 aliphatic rings. The summed E-state index contributed by atoms with van der Waals surface area (Å²) < 4.78 is 16.1. The number of amides is 1. The molecule has 0 unspecified atom stereocenters. The van der Waals surface area contributed by atoms with E-state index in [9.17, 15) is 9.59 Å². The van der Waals surface area contributed by atoms with E-state index in [0.29, 0.717) is 5.56 Å². The third-order valence-corrected chi connectivity index (χ3v) is 4.77. The van der Waals surface area contributed by atoms with Crippen LogP contribution in [-0.2, 0) is 20.9 Å². The molecule has 3 aromatic carbocycles. The Balaban J connectivity index is 1.81. The lowest BCUT2D eigenvalue weighted by Crippen LogP contribution is -2.38.